The average Bonchev–Trinajstić information content (AvgIpc) is 1.78. The average molecular weight is 172 g/mol. The molecule has 74 valence electrons. The molecule has 0 aliphatic heterocycles. The molecule has 0 aromatic rings. The van der Waals surface area contributed by atoms with E-state index in [0.717, 1.165) is 13.1 Å². The zero-order chi connectivity index (χ0) is 9.99. The third-order valence-corrected chi connectivity index (χ3v) is 1.86. The number of rotatable bonds is 3. The predicted molar refractivity (Wildman–Crippen MR) is 55.0 cm³/mol. The van der Waals surface area contributed by atoms with Gasteiger partial charge in [0.1, 0.15) is 0 Å². The van der Waals surface area contributed by atoms with Crippen molar-refractivity contribution in [1.29, 1.82) is 0 Å². The van der Waals surface area contributed by atoms with E-state index in [4.69, 9.17) is 5.73 Å². The molecule has 0 aromatic heterocycles. The summed E-state index contributed by atoms with van der Waals surface area (Å²) in [5, 5.41) is 0. The summed E-state index contributed by atoms with van der Waals surface area (Å²) in [6.45, 7) is 15.0. The van der Waals surface area contributed by atoms with E-state index < -0.39 is 0 Å². The van der Waals surface area contributed by atoms with Crippen molar-refractivity contribution in [3.63, 3.8) is 0 Å². The molecule has 0 amide bonds. The van der Waals surface area contributed by atoms with Gasteiger partial charge in [0.15, 0.2) is 0 Å². The fourth-order valence-electron chi connectivity index (χ4n) is 1.30. The molecule has 2 nitrogen and oxygen atoms in total. The van der Waals surface area contributed by atoms with Crippen molar-refractivity contribution < 1.29 is 0 Å². The Kier molecular flexibility index (Phi) is 3.73. The van der Waals surface area contributed by atoms with Gasteiger partial charge in [0.25, 0.3) is 0 Å². The van der Waals surface area contributed by atoms with Crippen LogP contribution in [-0.4, -0.2) is 23.7 Å². The third-order valence-electron chi connectivity index (χ3n) is 1.86. The van der Waals surface area contributed by atoms with Crippen LogP contribution in [0.25, 0.3) is 0 Å². The SMILES string of the molecule is CCN(CC(C)(C)C)C(C)(C)N. The molecule has 2 N–H and O–H groups in total. The zero-order valence-electron chi connectivity index (χ0n) is 9.44. The fourth-order valence-corrected chi connectivity index (χ4v) is 1.30. The highest BCUT2D eigenvalue weighted by atomic mass is 15.3. The summed E-state index contributed by atoms with van der Waals surface area (Å²) >= 11 is 0. The molecule has 0 heterocycles. The maximum absolute atomic E-state index is 6.02. The molecule has 0 rings (SSSR count). The molecule has 0 aliphatic rings. The molecule has 0 radical (unpaired) electrons. The highest BCUT2D eigenvalue weighted by Crippen LogP contribution is 2.18. The van der Waals surface area contributed by atoms with Gasteiger partial charge in [-0.3, -0.25) is 4.90 Å². The molecule has 0 atom stereocenters. The summed E-state index contributed by atoms with van der Waals surface area (Å²) in [5.74, 6) is 0. The normalized spacial score (nSPS) is 14.0. The maximum atomic E-state index is 6.02. The number of nitrogens with zero attached hydrogens (tertiary/aromatic N) is 1. The maximum Gasteiger partial charge on any atom is 0.0629 e. The lowest BCUT2D eigenvalue weighted by Crippen LogP contribution is -2.53. The highest BCUT2D eigenvalue weighted by molar-refractivity contribution is 4.78. The van der Waals surface area contributed by atoms with Crippen LogP contribution >= 0.6 is 0 Å². The lowest BCUT2D eigenvalue weighted by molar-refractivity contribution is 0.0892. The van der Waals surface area contributed by atoms with E-state index in [0.29, 0.717) is 5.41 Å². The summed E-state index contributed by atoms with van der Waals surface area (Å²) < 4.78 is 0. The molecule has 0 saturated carbocycles. The van der Waals surface area contributed by atoms with Crippen LogP contribution < -0.4 is 5.73 Å². The van der Waals surface area contributed by atoms with Crippen molar-refractivity contribution in [3.05, 3.63) is 0 Å². The summed E-state index contributed by atoms with van der Waals surface area (Å²) in [6.07, 6.45) is 0. The van der Waals surface area contributed by atoms with Gasteiger partial charge in [0, 0.05) is 6.54 Å². The molecular formula is C10H24N2. The van der Waals surface area contributed by atoms with Crippen molar-refractivity contribution >= 4 is 0 Å². The summed E-state index contributed by atoms with van der Waals surface area (Å²) in [6, 6.07) is 0. The van der Waals surface area contributed by atoms with Crippen LogP contribution in [0.5, 0.6) is 0 Å². The van der Waals surface area contributed by atoms with Crippen molar-refractivity contribution in [1.82, 2.24) is 4.90 Å². The number of hydrogen-bond acceptors (Lipinski definition) is 2. The van der Waals surface area contributed by atoms with Crippen LogP contribution in [-0.2, 0) is 0 Å². The van der Waals surface area contributed by atoms with Crippen LogP contribution in [0.1, 0.15) is 41.5 Å². The largest absolute Gasteiger partial charge is 0.314 e. The first-order chi connectivity index (χ1) is 5.17. The molecule has 2 heteroatoms. The standard InChI is InChI=1S/C10H24N2/c1-7-12(10(5,6)11)8-9(2,3)4/h7-8,11H2,1-6H3. The Balaban J connectivity index is 4.20. The summed E-state index contributed by atoms with van der Waals surface area (Å²) in [4.78, 5) is 2.30. The van der Waals surface area contributed by atoms with Crippen molar-refractivity contribution in [2.45, 2.75) is 47.2 Å². The van der Waals surface area contributed by atoms with Crippen LogP contribution in [0.4, 0.5) is 0 Å². The van der Waals surface area contributed by atoms with E-state index in [1.54, 1.807) is 0 Å². The Morgan fingerprint density at radius 2 is 1.50 bits per heavy atom. The van der Waals surface area contributed by atoms with Gasteiger partial charge in [-0.1, -0.05) is 27.7 Å². The molecule has 0 unspecified atom stereocenters. The van der Waals surface area contributed by atoms with Gasteiger partial charge in [-0.05, 0) is 25.8 Å². The lowest BCUT2D eigenvalue weighted by atomic mass is 9.95. The van der Waals surface area contributed by atoms with Crippen LogP contribution in [0.2, 0.25) is 0 Å². The first-order valence-electron chi connectivity index (χ1n) is 4.71. The molecular weight excluding hydrogens is 148 g/mol. The zero-order valence-corrected chi connectivity index (χ0v) is 9.44. The van der Waals surface area contributed by atoms with Gasteiger partial charge in [-0.15, -0.1) is 0 Å². The Hall–Kier alpha value is -0.0800. The van der Waals surface area contributed by atoms with Crippen LogP contribution in [0, 0.1) is 5.41 Å². The molecule has 0 aromatic carbocycles. The van der Waals surface area contributed by atoms with E-state index >= 15 is 0 Å². The summed E-state index contributed by atoms with van der Waals surface area (Å²) in [7, 11) is 0. The number of nitrogens with two attached hydrogens (primary N) is 1. The van der Waals surface area contributed by atoms with Crippen LogP contribution in [0.3, 0.4) is 0 Å². The molecule has 0 fully saturated rings. The van der Waals surface area contributed by atoms with Gasteiger partial charge in [0.05, 0.1) is 5.66 Å². The fraction of sp³-hybridized carbons (Fsp3) is 1.00. The molecule has 0 aliphatic carbocycles. The van der Waals surface area contributed by atoms with Crippen molar-refractivity contribution in [2.24, 2.45) is 11.1 Å². The van der Waals surface area contributed by atoms with E-state index in [1.807, 2.05) is 0 Å². The lowest BCUT2D eigenvalue weighted by Gasteiger charge is -2.38. The Morgan fingerprint density at radius 3 is 1.58 bits per heavy atom. The van der Waals surface area contributed by atoms with E-state index in [9.17, 15) is 0 Å². The smallest absolute Gasteiger partial charge is 0.0629 e. The van der Waals surface area contributed by atoms with E-state index in [2.05, 4.69) is 46.4 Å². The topological polar surface area (TPSA) is 29.3 Å². The predicted octanol–water partition coefficient (Wildman–Crippen LogP) is 2.05. The third kappa shape index (κ3) is 4.73. The summed E-state index contributed by atoms with van der Waals surface area (Å²) in [5.41, 5.74) is 6.16. The van der Waals surface area contributed by atoms with Gasteiger partial charge in [-0.25, -0.2) is 0 Å². The Labute approximate surface area is 77.1 Å². The van der Waals surface area contributed by atoms with Gasteiger partial charge < -0.3 is 5.73 Å². The molecule has 0 bridgehead atoms. The van der Waals surface area contributed by atoms with E-state index in [1.165, 1.54) is 0 Å². The van der Waals surface area contributed by atoms with E-state index in [-0.39, 0.29) is 5.66 Å². The van der Waals surface area contributed by atoms with Crippen molar-refractivity contribution in [2.75, 3.05) is 13.1 Å². The second-order valence-corrected chi connectivity index (χ2v) is 5.23. The quantitative estimate of drug-likeness (QED) is 0.660. The Morgan fingerprint density at radius 1 is 1.08 bits per heavy atom. The minimum Gasteiger partial charge on any atom is -0.314 e. The van der Waals surface area contributed by atoms with Gasteiger partial charge >= 0.3 is 0 Å². The molecule has 0 saturated heterocycles. The second-order valence-electron chi connectivity index (χ2n) is 5.23. The number of hydrogen-bond donors (Lipinski definition) is 1. The highest BCUT2D eigenvalue weighted by Gasteiger charge is 2.24. The monoisotopic (exact) mass is 172 g/mol. The molecule has 0 spiro atoms. The van der Waals surface area contributed by atoms with Gasteiger partial charge in [-0.2, -0.15) is 0 Å². The first kappa shape index (κ1) is 11.9. The Bertz CT molecular complexity index is 128. The molecule has 12 heavy (non-hydrogen) atoms. The second kappa shape index (κ2) is 3.75. The minimum absolute atomic E-state index is 0.192. The minimum atomic E-state index is -0.192. The van der Waals surface area contributed by atoms with Gasteiger partial charge in [0.2, 0.25) is 0 Å². The first-order valence-corrected chi connectivity index (χ1v) is 4.71. The van der Waals surface area contributed by atoms with Crippen LogP contribution in [0.15, 0.2) is 0 Å². The van der Waals surface area contributed by atoms with Crippen molar-refractivity contribution in [3.8, 4) is 0 Å².